The van der Waals surface area contributed by atoms with Crippen LogP contribution in [0.25, 0.3) is 0 Å². The predicted octanol–water partition coefficient (Wildman–Crippen LogP) is 2.80. The van der Waals surface area contributed by atoms with Gasteiger partial charge in [0, 0.05) is 12.1 Å². The molecule has 2 N–H and O–H groups in total. The smallest absolute Gasteiger partial charge is 0.224 e. The maximum atomic E-state index is 13.1. The zero-order valence-electron chi connectivity index (χ0n) is 12.7. The zero-order valence-corrected chi connectivity index (χ0v) is 12.7. The van der Waals surface area contributed by atoms with Crippen LogP contribution in [-0.4, -0.2) is 24.5 Å². The summed E-state index contributed by atoms with van der Waals surface area (Å²) in [6.45, 7) is 3.24. The van der Waals surface area contributed by atoms with E-state index in [4.69, 9.17) is 0 Å². The quantitative estimate of drug-likeness (QED) is 0.846. The number of rotatable bonds is 6. The summed E-state index contributed by atoms with van der Waals surface area (Å²) in [5, 5.41) is 6.61. The summed E-state index contributed by atoms with van der Waals surface area (Å²) >= 11 is 0. The van der Waals surface area contributed by atoms with Crippen molar-refractivity contribution in [1.29, 1.82) is 0 Å². The molecule has 0 spiro atoms. The predicted molar refractivity (Wildman–Crippen MR) is 82.6 cm³/mol. The van der Waals surface area contributed by atoms with Gasteiger partial charge < -0.3 is 10.6 Å². The summed E-state index contributed by atoms with van der Waals surface area (Å²) in [6, 6.07) is 7.11. The van der Waals surface area contributed by atoms with Crippen LogP contribution in [0.2, 0.25) is 0 Å². The fraction of sp³-hybridized carbons (Fsp3) is 0.588. The molecule has 4 heteroatoms. The highest BCUT2D eigenvalue weighted by Crippen LogP contribution is 2.18. The molecule has 0 unspecified atom stereocenters. The first-order chi connectivity index (χ1) is 10.2. The molecule has 0 bridgehead atoms. The Balaban J connectivity index is 1.72. The Bertz CT molecular complexity index is 456. The molecule has 0 aliphatic heterocycles. The maximum absolute atomic E-state index is 13.1. The lowest BCUT2D eigenvalue weighted by atomic mass is 9.91. The molecule has 2 rings (SSSR count). The van der Waals surface area contributed by atoms with Gasteiger partial charge in [-0.15, -0.1) is 0 Å². The van der Waals surface area contributed by atoms with Gasteiger partial charge >= 0.3 is 0 Å². The summed E-state index contributed by atoms with van der Waals surface area (Å²) < 4.78 is 13.1. The van der Waals surface area contributed by atoms with Crippen LogP contribution >= 0.6 is 0 Å². The molecule has 0 radical (unpaired) electrons. The van der Waals surface area contributed by atoms with Crippen LogP contribution in [0.4, 0.5) is 4.39 Å². The van der Waals surface area contributed by atoms with Gasteiger partial charge in [0.05, 0.1) is 6.42 Å². The standard InChI is InChI=1S/C17H25FN2O/c1-2-10-19-15-6-8-16(9-7-15)20-17(21)12-13-4-3-5-14(18)11-13/h3-5,11,15-16,19H,2,6-10,12H2,1H3,(H,20,21). The second-order valence-electron chi connectivity index (χ2n) is 5.88. The number of halogens is 1. The van der Waals surface area contributed by atoms with E-state index in [0.717, 1.165) is 44.2 Å². The molecular weight excluding hydrogens is 267 g/mol. The van der Waals surface area contributed by atoms with Crippen molar-refractivity contribution in [3.63, 3.8) is 0 Å². The minimum atomic E-state index is -0.289. The van der Waals surface area contributed by atoms with Gasteiger partial charge in [-0.05, 0) is 56.3 Å². The van der Waals surface area contributed by atoms with Crippen LogP contribution in [0.1, 0.15) is 44.6 Å². The Morgan fingerprint density at radius 2 is 1.95 bits per heavy atom. The van der Waals surface area contributed by atoms with E-state index in [0.29, 0.717) is 6.04 Å². The molecule has 116 valence electrons. The topological polar surface area (TPSA) is 41.1 Å². The summed E-state index contributed by atoms with van der Waals surface area (Å²) in [5.74, 6) is -0.298. The van der Waals surface area contributed by atoms with E-state index in [1.54, 1.807) is 12.1 Å². The van der Waals surface area contributed by atoms with Crippen LogP contribution in [0.5, 0.6) is 0 Å². The Kier molecular flexibility index (Phi) is 6.18. The molecule has 0 atom stereocenters. The SMILES string of the molecule is CCCNC1CCC(NC(=O)Cc2cccc(F)c2)CC1. The molecule has 1 fully saturated rings. The third kappa shape index (κ3) is 5.46. The van der Waals surface area contributed by atoms with Crippen LogP contribution in [0, 0.1) is 5.82 Å². The third-order valence-electron chi connectivity index (χ3n) is 4.03. The Morgan fingerprint density at radius 3 is 2.62 bits per heavy atom. The van der Waals surface area contributed by atoms with Crippen molar-refractivity contribution in [3.8, 4) is 0 Å². The van der Waals surface area contributed by atoms with Gasteiger partial charge in [0.1, 0.15) is 5.82 Å². The van der Waals surface area contributed by atoms with Crippen molar-refractivity contribution in [2.45, 2.75) is 57.5 Å². The van der Waals surface area contributed by atoms with E-state index < -0.39 is 0 Å². The number of amides is 1. The van der Waals surface area contributed by atoms with Gasteiger partial charge in [0.15, 0.2) is 0 Å². The zero-order chi connectivity index (χ0) is 15.1. The second-order valence-corrected chi connectivity index (χ2v) is 5.88. The number of benzene rings is 1. The van der Waals surface area contributed by atoms with Crippen LogP contribution in [0.15, 0.2) is 24.3 Å². The monoisotopic (exact) mass is 292 g/mol. The highest BCUT2D eigenvalue weighted by Gasteiger charge is 2.21. The Morgan fingerprint density at radius 1 is 1.24 bits per heavy atom. The molecule has 0 aromatic heterocycles. The first-order valence-electron chi connectivity index (χ1n) is 7.94. The van der Waals surface area contributed by atoms with E-state index in [1.807, 2.05) is 0 Å². The van der Waals surface area contributed by atoms with Crippen molar-refractivity contribution in [1.82, 2.24) is 10.6 Å². The van der Waals surface area contributed by atoms with E-state index in [9.17, 15) is 9.18 Å². The first kappa shape index (κ1) is 16.0. The van der Waals surface area contributed by atoms with E-state index in [-0.39, 0.29) is 24.2 Å². The van der Waals surface area contributed by atoms with Gasteiger partial charge in [0.2, 0.25) is 5.91 Å². The first-order valence-corrected chi connectivity index (χ1v) is 7.94. The molecule has 1 aliphatic rings. The summed E-state index contributed by atoms with van der Waals surface area (Å²) in [6.07, 6.45) is 5.69. The molecular formula is C17H25FN2O. The molecule has 1 aliphatic carbocycles. The van der Waals surface area contributed by atoms with Crippen LogP contribution < -0.4 is 10.6 Å². The highest BCUT2D eigenvalue weighted by atomic mass is 19.1. The fourth-order valence-corrected chi connectivity index (χ4v) is 2.90. The minimum Gasteiger partial charge on any atom is -0.353 e. The molecule has 1 aromatic rings. The van der Waals surface area contributed by atoms with Gasteiger partial charge in [0.25, 0.3) is 0 Å². The van der Waals surface area contributed by atoms with Crippen molar-refractivity contribution in [2.75, 3.05) is 6.54 Å². The van der Waals surface area contributed by atoms with E-state index >= 15 is 0 Å². The lowest BCUT2D eigenvalue weighted by molar-refractivity contribution is -0.121. The van der Waals surface area contributed by atoms with E-state index in [2.05, 4.69) is 17.6 Å². The van der Waals surface area contributed by atoms with Gasteiger partial charge in [-0.3, -0.25) is 4.79 Å². The maximum Gasteiger partial charge on any atom is 0.224 e. The molecule has 21 heavy (non-hydrogen) atoms. The Hall–Kier alpha value is -1.42. The summed E-state index contributed by atoms with van der Waals surface area (Å²) in [5.41, 5.74) is 0.728. The van der Waals surface area contributed by atoms with Gasteiger partial charge in [-0.2, -0.15) is 0 Å². The second kappa shape index (κ2) is 8.13. The molecule has 0 saturated heterocycles. The summed E-state index contributed by atoms with van der Waals surface area (Å²) in [4.78, 5) is 12.0. The third-order valence-corrected chi connectivity index (χ3v) is 4.03. The molecule has 3 nitrogen and oxygen atoms in total. The Labute approximate surface area is 126 Å². The number of hydrogen-bond donors (Lipinski definition) is 2. The average Bonchev–Trinajstić information content (AvgIpc) is 2.46. The van der Waals surface area contributed by atoms with Crippen molar-refractivity contribution in [3.05, 3.63) is 35.6 Å². The number of carbonyl (C=O) groups is 1. The highest BCUT2D eigenvalue weighted by molar-refractivity contribution is 5.78. The lowest BCUT2D eigenvalue weighted by Gasteiger charge is -2.29. The van der Waals surface area contributed by atoms with Gasteiger partial charge in [-0.1, -0.05) is 19.1 Å². The van der Waals surface area contributed by atoms with Crippen molar-refractivity contribution in [2.24, 2.45) is 0 Å². The molecule has 0 heterocycles. The summed E-state index contributed by atoms with van der Waals surface area (Å²) in [7, 11) is 0. The molecule has 1 amide bonds. The molecule has 1 aromatic carbocycles. The van der Waals surface area contributed by atoms with Gasteiger partial charge in [-0.25, -0.2) is 4.39 Å². The van der Waals surface area contributed by atoms with Crippen LogP contribution in [-0.2, 0) is 11.2 Å². The average molecular weight is 292 g/mol. The van der Waals surface area contributed by atoms with Crippen molar-refractivity contribution < 1.29 is 9.18 Å². The number of nitrogens with one attached hydrogen (secondary N) is 2. The lowest BCUT2D eigenvalue weighted by Crippen LogP contribution is -2.42. The number of hydrogen-bond acceptors (Lipinski definition) is 2. The van der Waals surface area contributed by atoms with E-state index in [1.165, 1.54) is 12.1 Å². The number of carbonyl (C=O) groups excluding carboxylic acids is 1. The normalized spacial score (nSPS) is 22.0. The fourth-order valence-electron chi connectivity index (χ4n) is 2.90. The van der Waals surface area contributed by atoms with Crippen molar-refractivity contribution >= 4 is 5.91 Å². The largest absolute Gasteiger partial charge is 0.353 e. The minimum absolute atomic E-state index is 0.00873. The van der Waals surface area contributed by atoms with Crippen LogP contribution in [0.3, 0.4) is 0 Å². The molecule has 1 saturated carbocycles.